The van der Waals surface area contributed by atoms with Crippen molar-refractivity contribution in [1.29, 1.82) is 0 Å². The zero-order valence-corrected chi connectivity index (χ0v) is 13.0. The maximum Gasteiger partial charge on any atom is 0.115 e. The van der Waals surface area contributed by atoms with Crippen molar-refractivity contribution < 1.29 is 0 Å². The van der Waals surface area contributed by atoms with Crippen LogP contribution in [0.5, 0.6) is 0 Å². The molecule has 2 heterocycles. The summed E-state index contributed by atoms with van der Waals surface area (Å²) in [7, 11) is 2.22. The largest absolute Gasteiger partial charge is 0.304 e. The van der Waals surface area contributed by atoms with E-state index in [1.54, 1.807) is 0 Å². The predicted octanol–water partition coefficient (Wildman–Crippen LogP) is 2.68. The fraction of sp³-hybridized carbons (Fsp3) is 0.786. The normalized spacial score (nSPS) is 29.1. The summed E-state index contributed by atoms with van der Waals surface area (Å²) >= 11 is 1.86. The van der Waals surface area contributed by atoms with Crippen molar-refractivity contribution in [3.05, 3.63) is 15.6 Å². The third-order valence-electron chi connectivity index (χ3n) is 4.07. The van der Waals surface area contributed by atoms with Gasteiger partial charge in [-0.3, -0.25) is 0 Å². The Morgan fingerprint density at radius 1 is 1.50 bits per heavy atom. The van der Waals surface area contributed by atoms with E-state index in [2.05, 4.69) is 45.0 Å². The quantitative estimate of drug-likeness (QED) is 0.909. The summed E-state index contributed by atoms with van der Waals surface area (Å²) in [5, 5.41) is 5.05. The number of thiazole rings is 1. The van der Waals surface area contributed by atoms with Gasteiger partial charge in [-0.15, -0.1) is 11.3 Å². The fourth-order valence-electron chi connectivity index (χ4n) is 2.71. The van der Waals surface area contributed by atoms with Crippen LogP contribution in [0.15, 0.2) is 0 Å². The van der Waals surface area contributed by atoms with Gasteiger partial charge in [-0.1, -0.05) is 6.92 Å². The summed E-state index contributed by atoms with van der Waals surface area (Å²) in [5.74, 6) is 0. The van der Waals surface area contributed by atoms with Gasteiger partial charge in [0.1, 0.15) is 5.01 Å². The number of aromatic nitrogens is 1. The number of hydrogen-bond donors (Lipinski definition) is 1. The van der Waals surface area contributed by atoms with Crippen molar-refractivity contribution in [1.82, 2.24) is 15.2 Å². The molecule has 0 aliphatic carbocycles. The standard InChI is InChI=1S/C14H25N3S/c1-6-7-15-14(8-10(2)17(5)9-14)13-16-11(3)12(4)18-13/h10,15H,6-9H2,1-5H3. The molecule has 1 saturated heterocycles. The molecule has 0 aromatic carbocycles. The van der Waals surface area contributed by atoms with Crippen molar-refractivity contribution >= 4 is 11.3 Å². The first-order valence-electron chi connectivity index (χ1n) is 6.88. The Labute approximate surface area is 115 Å². The van der Waals surface area contributed by atoms with Gasteiger partial charge < -0.3 is 10.2 Å². The fourth-order valence-corrected chi connectivity index (χ4v) is 3.79. The number of nitrogens with one attached hydrogen (secondary N) is 1. The Morgan fingerprint density at radius 2 is 2.22 bits per heavy atom. The third kappa shape index (κ3) is 2.46. The molecule has 102 valence electrons. The lowest BCUT2D eigenvalue weighted by atomic mass is 9.96. The number of likely N-dealkylation sites (tertiary alicyclic amines) is 1. The molecule has 0 amide bonds. The predicted molar refractivity (Wildman–Crippen MR) is 78.3 cm³/mol. The Kier molecular flexibility index (Phi) is 4.09. The molecule has 1 aliphatic heterocycles. The van der Waals surface area contributed by atoms with Crippen LogP contribution in [-0.2, 0) is 5.54 Å². The molecule has 0 saturated carbocycles. The topological polar surface area (TPSA) is 28.2 Å². The van der Waals surface area contributed by atoms with Crippen molar-refractivity contribution in [2.75, 3.05) is 20.1 Å². The molecular formula is C14H25N3S. The lowest BCUT2D eigenvalue weighted by molar-refractivity contribution is 0.299. The smallest absolute Gasteiger partial charge is 0.115 e. The van der Waals surface area contributed by atoms with Gasteiger partial charge in [0.15, 0.2) is 0 Å². The van der Waals surface area contributed by atoms with Crippen molar-refractivity contribution in [2.45, 2.75) is 52.1 Å². The number of likely N-dealkylation sites (N-methyl/N-ethyl adjacent to an activating group) is 1. The Bertz CT molecular complexity index is 384. The monoisotopic (exact) mass is 267 g/mol. The van der Waals surface area contributed by atoms with Crippen LogP contribution < -0.4 is 5.32 Å². The molecule has 4 heteroatoms. The van der Waals surface area contributed by atoms with Crippen LogP contribution in [0.2, 0.25) is 0 Å². The van der Waals surface area contributed by atoms with E-state index in [-0.39, 0.29) is 5.54 Å². The van der Waals surface area contributed by atoms with E-state index in [0.29, 0.717) is 6.04 Å². The summed E-state index contributed by atoms with van der Waals surface area (Å²) < 4.78 is 0. The van der Waals surface area contributed by atoms with E-state index in [4.69, 9.17) is 4.98 Å². The van der Waals surface area contributed by atoms with Crippen molar-refractivity contribution in [3.8, 4) is 0 Å². The molecule has 1 aliphatic rings. The second-order valence-corrected chi connectivity index (χ2v) is 6.84. The zero-order valence-electron chi connectivity index (χ0n) is 12.2. The highest BCUT2D eigenvalue weighted by Crippen LogP contribution is 2.37. The summed E-state index contributed by atoms with van der Waals surface area (Å²) in [4.78, 5) is 8.61. The van der Waals surface area contributed by atoms with Crippen LogP contribution in [0.1, 0.15) is 42.3 Å². The van der Waals surface area contributed by atoms with Gasteiger partial charge in [-0.2, -0.15) is 0 Å². The van der Waals surface area contributed by atoms with Gasteiger partial charge >= 0.3 is 0 Å². The number of rotatable bonds is 4. The molecule has 18 heavy (non-hydrogen) atoms. The molecule has 1 N–H and O–H groups in total. The molecule has 1 aromatic rings. The van der Waals surface area contributed by atoms with E-state index in [9.17, 15) is 0 Å². The number of nitrogens with zero attached hydrogens (tertiary/aromatic N) is 2. The van der Waals surface area contributed by atoms with E-state index < -0.39 is 0 Å². The molecule has 0 spiro atoms. The Morgan fingerprint density at radius 3 is 2.67 bits per heavy atom. The first kappa shape index (κ1) is 14.0. The maximum atomic E-state index is 4.82. The van der Waals surface area contributed by atoms with Gasteiger partial charge in [0.05, 0.1) is 11.2 Å². The average molecular weight is 267 g/mol. The van der Waals surface area contributed by atoms with E-state index in [1.807, 2.05) is 11.3 Å². The summed E-state index contributed by atoms with van der Waals surface area (Å²) in [6.07, 6.45) is 2.33. The van der Waals surface area contributed by atoms with Gasteiger partial charge in [0, 0.05) is 17.5 Å². The second-order valence-electron chi connectivity index (χ2n) is 5.64. The minimum absolute atomic E-state index is 0.0772. The van der Waals surface area contributed by atoms with Crippen molar-refractivity contribution in [3.63, 3.8) is 0 Å². The molecule has 0 bridgehead atoms. The van der Waals surface area contributed by atoms with Crippen LogP contribution in [0.4, 0.5) is 0 Å². The van der Waals surface area contributed by atoms with Crippen LogP contribution >= 0.6 is 11.3 Å². The number of aryl methyl sites for hydroxylation is 2. The highest BCUT2D eigenvalue weighted by molar-refractivity contribution is 7.11. The minimum Gasteiger partial charge on any atom is -0.304 e. The molecule has 2 atom stereocenters. The van der Waals surface area contributed by atoms with E-state index >= 15 is 0 Å². The van der Waals surface area contributed by atoms with Gasteiger partial charge in [0.25, 0.3) is 0 Å². The summed E-state index contributed by atoms with van der Waals surface area (Å²) in [5.41, 5.74) is 1.27. The summed E-state index contributed by atoms with van der Waals surface area (Å²) in [6.45, 7) is 11.0. The molecule has 2 unspecified atom stereocenters. The SMILES string of the molecule is CCCNC1(c2nc(C)c(C)s2)CC(C)N(C)C1. The van der Waals surface area contributed by atoms with Crippen molar-refractivity contribution in [2.24, 2.45) is 0 Å². The lowest BCUT2D eigenvalue weighted by Crippen LogP contribution is -2.44. The lowest BCUT2D eigenvalue weighted by Gasteiger charge is -2.28. The van der Waals surface area contributed by atoms with Crippen LogP contribution in [-0.4, -0.2) is 36.1 Å². The third-order valence-corrected chi connectivity index (χ3v) is 5.34. The van der Waals surface area contributed by atoms with E-state index in [1.165, 1.54) is 22.0 Å². The summed E-state index contributed by atoms with van der Waals surface area (Å²) in [6, 6.07) is 0.624. The van der Waals surface area contributed by atoms with Crippen LogP contribution in [0.25, 0.3) is 0 Å². The molecule has 3 nitrogen and oxygen atoms in total. The minimum atomic E-state index is 0.0772. The average Bonchev–Trinajstić information content (AvgIpc) is 2.80. The maximum absolute atomic E-state index is 4.82. The van der Waals surface area contributed by atoms with Crippen LogP contribution in [0, 0.1) is 13.8 Å². The molecule has 2 rings (SSSR count). The molecule has 0 radical (unpaired) electrons. The Balaban J connectivity index is 2.30. The van der Waals surface area contributed by atoms with E-state index in [0.717, 1.165) is 19.5 Å². The number of hydrogen-bond acceptors (Lipinski definition) is 4. The first-order chi connectivity index (χ1) is 8.48. The van der Waals surface area contributed by atoms with Gasteiger partial charge in [-0.05, 0) is 47.2 Å². The van der Waals surface area contributed by atoms with Gasteiger partial charge in [-0.25, -0.2) is 4.98 Å². The molecule has 1 aromatic heterocycles. The van der Waals surface area contributed by atoms with Crippen LogP contribution in [0.3, 0.4) is 0 Å². The Hall–Kier alpha value is -0.450. The second kappa shape index (κ2) is 5.27. The van der Waals surface area contributed by atoms with Gasteiger partial charge in [0.2, 0.25) is 0 Å². The first-order valence-corrected chi connectivity index (χ1v) is 7.70. The highest BCUT2D eigenvalue weighted by atomic mass is 32.1. The molecular weight excluding hydrogens is 242 g/mol. The molecule has 1 fully saturated rings. The highest BCUT2D eigenvalue weighted by Gasteiger charge is 2.43. The zero-order chi connectivity index (χ0) is 13.3.